The summed E-state index contributed by atoms with van der Waals surface area (Å²) >= 11 is 0. The van der Waals surface area contributed by atoms with Crippen LogP contribution in [-0.2, 0) is 74.7 Å². The summed E-state index contributed by atoms with van der Waals surface area (Å²) in [6.45, 7) is -0.0250. The van der Waals surface area contributed by atoms with Crippen LogP contribution in [0.15, 0.2) is 261 Å². The predicted molar refractivity (Wildman–Crippen MR) is 342 cm³/mol. The van der Waals surface area contributed by atoms with Crippen molar-refractivity contribution in [3.05, 3.63) is 327 Å². The van der Waals surface area contributed by atoms with Crippen LogP contribution in [0.2, 0.25) is 0 Å². The molecule has 10 aromatic carbocycles. The predicted octanol–water partition coefficient (Wildman–Crippen LogP) is 14.9. The van der Waals surface area contributed by atoms with Crippen LogP contribution in [0.25, 0.3) is 0 Å². The maximum atomic E-state index is 15.7. The van der Waals surface area contributed by atoms with Crippen molar-refractivity contribution in [1.29, 1.82) is 0 Å². The number of nitro groups is 1. The Labute approximate surface area is 537 Å². The average molecular weight is 1250 g/mol. The van der Waals surface area contributed by atoms with Crippen molar-refractivity contribution in [2.75, 3.05) is 6.61 Å². The van der Waals surface area contributed by atoms with Crippen LogP contribution < -0.4 is 28.4 Å². The second-order valence-corrected chi connectivity index (χ2v) is 21.9. The molecule has 10 aromatic rings. The van der Waals surface area contributed by atoms with Gasteiger partial charge in [-0.15, -0.1) is 0 Å². The summed E-state index contributed by atoms with van der Waals surface area (Å²) in [5.74, 6) is -0.865. The van der Waals surface area contributed by atoms with E-state index in [1.54, 1.807) is 6.07 Å². The first-order valence-electron chi connectivity index (χ1n) is 30.3. The summed E-state index contributed by atoms with van der Waals surface area (Å²) in [7, 11) is 0. The molecule has 0 bridgehead atoms. The van der Waals surface area contributed by atoms with E-state index in [0.29, 0.717) is 5.56 Å². The minimum Gasteiger partial charge on any atom is -0.485 e. The van der Waals surface area contributed by atoms with Crippen molar-refractivity contribution >= 4 is 17.6 Å². The molecule has 17 nitrogen and oxygen atoms in total. The maximum Gasteiger partial charge on any atom is 0.339 e. The number of esters is 2. The highest BCUT2D eigenvalue weighted by Crippen LogP contribution is 2.44. The molecule has 2 aliphatic rings. The summed E-state index contributed by atoms with van der Waals surface area (Å²) in [6.07, 6.45) is -8.16. The van der Waals surface area contributed by atoms with Crippen molar-refractivity contribution in [3.63, 3.8) is 0 Å². The van der Waals surface area contributed by atoms with Crippen LogP contribution in [0.5, 0.6) is 34.5 Å². The highest BCUT2D eigenvalue weighted by molar-refractivity contribution is 5.92. The Morgan fingerprint density at radius 3 is 1.14 bits per heavy atom. The number of fused-ring (bicyclic) bond motifs is 1. The van der Waals surface area contributed by atoms with Gasteiger partial charge in [0.15, 0.2) is 47.8 Å². The van der Waals surface area contributed by atoms with Crippen LogP contribution in [0.1, 0.15) is 71.5 Å². The largest absolute Gasteiger partial charge is 0.485 e. The van der Waals surface area contributed by atoms with E-state index in [1.807, 2.05) is 212 Å². The Kier molecular flexibility index (Phi) is 20.7. The summed E-state index contributed by atoms with van der Waals surface area (Å²) in [6, 6.07) is 78.4. The van der Waals surface area contributed by atoms with Gasteiger partial charge in [-0.05, 0) is 63.7 Å². The minimum atomic E-state index is -1.69. The van der Waals surface area contributed by atoms with Crippen molar-refractivity contribution in [1.82, 2.24) is 0 Å². The summed E-state index contributed by atoms with van der Waals surface area (Å²) < 4.78 is 79.3. The fourth-order valence-electron chi connectivity index (χ4n) is 10.6. The topological polar surface area (TPSA) is 188 Å². The Morgan fingerprint density at radius 2 is 0.753 bits per heavy atom. The molecule has 17 heteroatoms. The molecule has 6 atom stereocenters. The van der Waals surface area contributed by atoms with Crippen molar-refractivity contribution in [2.24, 2.45) is 0 Å². The molecular weight excluding hydrogens is 1180 g/mol. The van der Waals surface area contributed by atoms with Gasteiger partial charge in [-0.2, -0.15) is 0 Å². The SMILES string of the molecule is O=C(O[C@@H]1[C@@H](OC(=O)c2cc(OCc3ccccc3)c(OCc3ccccc3)c(OCc3ccccc3)c2)[C@H](OCc2ccccc2[N+](=O)[O-])O[C@@H]2CO[C@@H](c3ccccc3)O[C@@H]12)c1cc(OCc2ccccc2)c(OCc2ccccc2)c(OCc2ccccc2)c1. The second-order valence-electron chi connectivity index (χ2n) is 21.9. The zero-order valence-corrected chi connectivity index (χ0v) is 50.4. The number of nitro benzene ring substituents is 1. The lowest BCUT2D eigenvalue weighted by molar-refractivity contribution is -0.387. The highest BCUT2D eigenvalue weighted by Gasteiger charge is 2.55. The van der Waals surface area contributed by atoms with Crippen molar-refractivity contribution in [2.45, 2.75) is 83.2 Å². The van der Waals surface area contributed by atoms with Crippen LogP contribution in [-0.4, -0.2) is 54.2 Å². The number of nitrogens with zero attached hydrogens (tertiary/aromatic N) is 1. The van der Waals surface area contributed by atoms with E-state index in [4.69, 9.17) is 56.8 Å². The highest BCUT2D eigenvalue weighted by atomic mass is 16.8. The minimum absolute atomic E-state index is 0.0446. The third-order valence-corrected chi connectivity index (χ3v) is 15.3. The van der Waals surface area contributed by atoms with E-state index >= 15 is 9.59 Å². The van der Waals surface area contributed by atoms with Gasteiger partial charge in [0.05, 0.1) is 34.8 Å². The van der Waals surface area contributed by atoms with E-state index in [0.717, 1.165) is 33.4 Å². The van der Waals surface area contributed by atoms with Crippen LogP contribution >= 0.6 is 0 Å². The lowest BCUT2D eigenvalue weighted by Crippen LogP contribution is -2.64. The van der Waals surface area contributed by atoms with Gasteiger partial charge in [0.2, 0.25) is 11.5 Å². The zero-order valence-electron chi connectivity index (χ0n) is 50.4. The fourth-order valence-corrected chi connectivity index (χ4v) is 10.6. The number of hydrogen-bond acceptors (Lipinski definition) is 16. The molecule has 2 heterocycles. The molecule has 2 fully saturated rings. The quantitative estimate of drug-likeness (QED) is 0.0268. The average Bonchev–Trinajstić information content (AvgIpc) is 0.806. The van der Waals surface area contributed by atoms with Crippen LogP contribution in [0, 0.1) is 10.1 Å². The summed E-state index contributed by atoms with van der Waals surface area (Å²) in [4.78, 5) is 43.2. The van der Waals surface area contributed by atoms with Gasteiger partial charge in [-0.1, -0.05) is 224 Å². The second kappa shape index (κ2) is 30.8. The lowest BCUT2D eigenvalue weighted by Gasteiger charge is -2.48. The molecular formula is C76H65NO16. The third-order valence-electron chi connectivity index (χ3n) is 15.3. The standard InChI is InChI=1S/C76H65NO16/c78-73(60-40-63(82-44-52-24-8-1-9-25-52)68(86-48-56-32-16-5-17-33-56)64(41-60)83-45-53-26-10-2-11-27-53)91-71-70-67(51-89-75(93-70)58-36-20-7-21-37-58)90-76(88-50-59-38-22-23-39-62(59)77(80)81)72(71)92-74(79)61-42-65(84-46-54-28-12-3-13-29-54)69(87-49-57-34-18-6-19-35-57)66(43-61)85-47-55-30-14-4-15-31-55/h1-43,67,70-72,75-76H,44-51H2/t67-,70-,71+,72-,75-,76-/m1/s1. The number of ether oxygens (including phenoxy) is 12. The number of benzene rings is 10. The first-order chi connectivity index (χ1) is 45.7. The number of rotatable bonds is 27. The maximum absolute atomic E-state index is 15.7. The van der Waals surface area contributed by atoms with Gasteiger partial charge in [0, 0.05) is 11.6 Å². The number of carbonyl (C=O) groups excluding carboxylic acids is 2. The summed E-state index contributed by atoms with van der Waals surface area (Å²) in [5.41, 5.74) is 5.51. The molecule has 0 radical (unpaired) electrons. The smallest absolute Gasteiger partial charge is 0.339 e. The van der Waals surface area contributed by atoms with Crippen LogP contribution in [0.3, 0.4) is 0 Å². The fraction of sp³-hybridized carbons (Fsp3) is 0.184. The van der Waals surface area contributed by atoms with Gasteiger partial charge < -0.3 is 56.8 Å². The zero-order chi connectivity index (χ0) is 63.6. The van der Waals surface area contributed by atoms with Gasteiger partial charge in [-0.3, -0.25) is 10.1 Å². The molecule has 470 valence electrons. The Morgan fingerprint density at radius 1 is 0.409 bits per heavy atom. The van der Waals surface area contributed by atoms with Crippen LogP contribution in [0.4, 0.5) is 5.69 Å². The molecule has 0 unspecified atom stereocenters. The van der Waals surface area contributed by atoms with Gasteiger partial charge in [0.1, 0.15) is 51.8 Å². The van der Waals surface area contributed by atoms with E-state index in [2.05, 4.69) is 0 Å². The third kappa shape index (κ3) is 16.4. The van der Waals surface area contributed by atoms with E-state index in [-0.39, 0.29) is 103 Å². The van der Waals surface area contributed by atoms with E-state index in [1.165, 1.54) is 42.5 Å². The number of para-hydroxylation sites is 1. The Hall–Kier alpha value is -10.8. The monoisotopic (exact) mass is 1250 g/mol. The first kappa shape index (κ1) is 62.4. The normalized spacial score (nSPS) is 17.4. The van der Waals surface area contributed by atoms with E-state index in [9.17, 15) is 10.1 Å². The molecule has 0 amide bonds. The molecule has 93 heavy (non-hydrogen) atoms. The molecule has 12 rings (SSSR count). The molecule has 0 aromatic heterocycles. The lowest BCUT2D eigenvalue weighted by atomic mass is 9.96. The Bertz CT molecular complexity index is 3930. The van der Waals surface area contributed by atoms with Crippen molar-refractivity contribution < 1.29 is 71.4 Å². The molecule has 0 N–H and O–H groups in total. The molecule has 0 aliphatic carbocycles. The first-order valence-corrected chi connectivity index (χ1v) is 30.3. The van der Waals surface area contributed by atoms with E-state index < -0.39 is 60.5 Å². The number of hydrogen-bond donors (Lipinski definition) is 0. The van der Waals surface area contributed by atoms with Gasteiger partial charge in [-0.25, -0.2) is 9.59 Å². The number of carbonyl (C=O) groups is 2. The van der Waals surface area contributed by atoms with Gasteiger partial charge >= 0.3 is 11.9 Å². The molecule has 2 saturated heterocycles. The van der Waals surface area contributed by atoms with Crippen molar-refractivity contribution in [3.8, 4) is 34.5 Å². The Balaban J connectivity index is 0.959. The molecule has 0 spiro atoms. The van der Waals surface area contributed by atoms with Gasteiger partial charge in [0.25, 0.3) is 5.69 Å². The summed E-state index contributed by atoms with van der Waals surface area (Å²) in [5, 5.41) is 12.4. The molecule has 2 aliphatic heterocycles. The molecule has 0 saturated carbocycles.